The first-order valence-electron chi connectivity index (χ1n) is 36.0. The zero-order valence-electron chi connectivity index (χ0n) is 75.0. The van der Waals surface area contributed by atoms with Crippen molar-refractivity contribution >= 4 is 0 Å². The minimum Gasteiger partial charge on any atom is -0.358 e. The molecule has 0 rings (SSSR count). The molecule has 0 aliphatic rings. The van der Waals surface area contributed by atoms with Gasteiger partial charge < -0.3 is 14.9 Å². The topological polar surface area (TPSA) is 0 Å². The van der Waals surface area contributed by atoms with Gasteiger partial charge in [-0.15, -0.1) is 0 Å². The molecule has 520 valence electrons. The summed E-state index contributed by atoms with van der Waals surface area (Å²) in [4.78, 5) is 0. The van der Waals surface area contributed by atoms with Crippen LogP contribution in [0.15, 0.2) is 0 Å². The molecule has 0 aromatic carbocycles. The van der Waals surface area contributed by atoms with Crippen LogP contribution in [0.1, 0.15) is 499 Å². The van der Waals surface area contributed by atoms with E-state index < -0.39 is 0 Å². The van der Waals surface area contributed by atoms with E-state index in [-0.39, 0.29) is 66.2 Å². The minimum atomic E-state index is 0. The maximum absolute atomic E-state index is 2.00. The van der Waals surface area contributed by atoms with E-state index in [1.54, 1.807) is 0 Å². The monoisotopic (exact) mass is 1150 g/mol. The maximum atomic E-state index is 2.00. The van der Waals surface area contributed by atoms with Gasteiger partial charge in [-0.3, -0.25) is 0 Å². The molecule has 0 spiro atoms. The van der Waals surface area contributed by atoms with Crippen LogP contribution in [0.3, 0.4) is 0 Å². The van der Waals surface area contributed by atoms with E-state index >= 15 is 0 Å². The van der Waals surface area contributed by atoms with Gasteiger partial charge in [-0.25, -0.2) is 0 Å². The molecule has 0 aromatic rings. The molecule has 0 fully saturated rings. The predicted molar refractivity (Wildman–Crippen MR) is 421 cm³/mol. The fraction of sp³-hybridized carbons (Fsp3) is 0.973. The fourth-order valence-corrected chi connectivity index (χ4v) is 0. The number of hydrogen-bond donors (Lipinski definition) is 0. The van der Waals surface area contributed by atoms with Crippen molar-refractivity contribution in [3.63, 3.8) is 0 Å². The van der Waals surface area contributed by atoms with Crippen LogP contribution >= 0.6 is 0 Å². The quantitative estimate of drug-likeness (QED) is 0.168. The van der Waals surface area contributed by atoms with Gasteiger partial charge in [0.15, 0.2) is 0 Å². The molecule has 0 aliphatic carbocycles. The van der Waals surface area contributed by atoms with Crippen LogP contribution in [0.5, 0.6) is 0 Å². The molecule has 0 bridgehead atoms. The van der Waals surface area contributed by atoms with Gasteiger partial charge in [-0.05, 0) is 0 Å². The summed E-state index contributed by atoms with van der Waals surface area (Å²) in [5.74, 6) is 0. The second kappa shape index (κ2) is 157000. The van der Waals surface area contributed by atoms with Crippen molar-refractivity contribution in [3.05, 3.63) is 14.9 Å². The van der Waals surface area contributed by atoms with Crippen LogP contribution in [0.25, 0.3) is 0 Å². The molecule has 0 radical (unpaired) electrons. The van der Waals surface area contributed by atoms with Crippen molar-refractivity contribution in [2.45, 2.75) is 499 Å². The smallest absolute Gasteiger partial charge is 0.358 e. The molecule has 0 saturated carbocycles. The Morgan fingerprint density at radius 1 is 0.0533 bits per heavy atom. The second-order valence-corrected chi connectivity index (χ2v) is 0. The third-order valence-electron chi connectivity index (χ3n) is 0. The van der Waals surface area contributed by atoms with Crippen molar-refractivity contribution in [1.82, 2.24) is 0 Å². The summed E-state index contributed by atoms with van der Waals surface area (Å²) in [7, 11) is 0. The van der Waals surface area contributed by atoms with Gasteiger partial charge in [0.05, 0.1) is 0 Å². The molecule has 0 saturated heterocycles. The maximum Gasteiger partial charge on any atom is 1.00 e. The van der Waals surface area contributed by atoms with Crippen molar-refractivity contribution < 1.29 is 51.4 Å². The molecule has 0 nitrogen and oxygen atoms in total. The van der Waals surface area contributed by atoms with Crippen LogP contribution < -0.4 is 51.4 Å². The summed E-state index contributed by atoms with van der Waals surface area (Å²) in [6.45, 7) is 144. The van der Waals surface area contributed by atoms with Crippen LogP contribution in [-0.4, -0.2) is 0 Å². The molecular weight excluding hydrogens is 928 g/mol. The number of rotatable bonds is 0. The zero-order valence-corrected chi connectivity index (χ0v) is 78.1. The largest absolute Gasteiger partial charge is 1.00 e. The summed E-state index contributed by atoms with van der Waals surface area (Å²) >= 11 is 0. The Morgan fingerprint density at radius 3 is 0.0533 bits per heavy atom. The zero-order chi connectivity index (χ0) is 72.0. The summed E-state index contributed by atoms with van der Waals surface area (Å²) in [6, 6.07) is 0. The normalized spacial score (nSPS) is 2.88. The van der Waals surface area contributed by atoms with E-state index in [9.17, 15) is 0 Å². The first-order chi connectivity index (χ1) is 36.0. The van der Waals surface area contributed by atoms with E-state index in [0.29, 0.717) is 0 Å². The van der Waals surface area contributed by atoms with Crippen LogP contribution in [0, 0.1) is 14.9 Å². The second-order valence-electron chi connectivity index (χ2n) is 0. The summed E-state index contributed by atoms with van der Waals surface area (Å²) in [6.07, 6.45) is 0. The third-order valence-corrected chi connectivity index (χ3v) is 0. The first kappa shape index (κ1) is 310. The Bertz CT molecular complexity index is 7.66. The SMILES string of the molecule is CC.CC.CC.CC.CC.CC.CC.CC.CC.CC.CC.CC.CC.CC.CC.CC.CC.CC.CC.CC.CC.CC.CC.CC.CC.CC.CC.CC.CC.CC.CC.CC.CC.CC.CC.CC.[CH3-].[CH3-].[K+]. The Kier molecular flexibility index (Phi) is 649000. The number of hydrogen-bond acceptors (Lipinski definition) is 0. The van der Waals surface area contributed by atoms with Crippen molar-refractivity contribution in [1.29, 1.82) is 0 Å². The van der Waals surface area contributed by atoms with Crippen LogP contribution in [0.4, 0.5) is 0 Å². The van der Waals surface area contributed by atoms with Gasteiger partial charge in [0.1, 0.15) is 0 Å². The standard InChI is InChI=1S/36C2H6.2CH3.K/c36*1-2;;;/h36*1-2H3;2*1H3;/q;;;;;;;;;;;;;;;;;;;;;;;;;;;;;;;;;;;;2*-1;+1. The first-order valence-corrected chi connectivity index (χ1v) is 36.0. The Balaban J connectivity index is -0.00000000480. The predicted octanol–water partition coefficient (Wildman–Crippen LogP) is 34.8. The van der Waals surface area contributed by atoms with Gasteiger partial charge in [0, 0.05) is 0 Å². The van der Waals surface area contributed by atoms with Crippen LogP contribution in [0.2, 0.25) is 0 Å². The molecule has 75 heavy (non-hydrogen) atoms. The molecule has 0 amide bonds. The van der Waals surface area contributed by atoms with E-state index in [4.69, 9.17) is 0 Å². The van der Waals surface area contributed by atoms with Gasteiger partial charge in [-0.2, -0.15) is 0 Å². The van der Waals surface area contributed by atoms with Crippen molar-refractivity contribution in [2.24, 2.45) is 0 Å². The third kappa shape index (κ3) is 153000. The van der Waals surface area contributed by atoms with E-state index in [0.717, 1.165) is 0 Å². The van der Waals surface area contributed by atoms with Crippen molar-refractivity contribution in [2.75, 3.05) is 0 Å². The Morgan fingerprint density at radius 2 is 0.0533 bits per heavy atom. The van der Waals surface area contributed by atoms with E-state index in [1.807, 2.05) is 499 Å². The molecule has 0 unspecified atom stereocenters. The Hall–Kier alpha value is 1.64. The van der Waals surface area contributed by atoms with Crippen molar-refractivity contribution in [3.8, 4) is 0 Å². The Labute approximate surface area is 560 Å². The summed E-state index contributed by atoms with van der Waals surface area (Å²) in [5.41, 5.74) is 0. The fourth-order valence-electron chi connectivity index (χ4n) is 0. The average Bonchev–Trinajstić information content (AvgIpc) is 3.63. The molecule has 0 N–H and O–H groups in total. The summed E-state index contributed by atoms with van der Waals surface area (Å²) in [5, 5.41) is 0. The molecular formula is C74H222K-. The minimum absolute atomic E-state index is 0. The molecule has 0 atom stereocenters. The van der Waals surface area contributed by atoms with Gasteiger partial charge in [0.2, 0.25) is 0 Å². The molecule has 0 aromatic heterocycles. The molecule has 0 aliphatic heterocycles. The molecule has 0 heterocycles. The summed E-state index contributed by atoms with van der Waals surface area (Å²) < 4.78 is 0. The average molecular weight is 1150 g/mol. The molecule has 1 heteroatoms. The van der Waals surface area contributed by atoms with Gasteiger partial charge in [-0.1, -0.05) is 499 Å². The van der Waals surface area contributed by atoms with Crippen LogP contribution in [-0.2, 0) is 0 Å². The van der Waals surface area contributed by atoms with E-state index in [2.05, 4.69) is 0 Å². The van der Waals surface area contributed by atoms with Gasteiger partial charge in [0.25, 0.3) is 0 Å². The van der Waals surface area contributed by atoms with Gasteiger partial charge >= 0.3 is 51.4 Å². The van der Waals surface area contributed by atoms with E-state index in [1.165, 1.54) is 0 Å².